The van der Waals surface area contributed by atoms with E-state index in [0.717, 1.165) is 4.88 Å². The molecule has 8 heteroatoms. The first-order valence-corrected chi connectivity index (χ1v) is 7.04. The monoisotopic (exact) mass is 268 g/mol. The van der Waals surface area contributed by atoms with Crippen molar-refractivity contribution >= 4 is 30.1 Å². The van der Waals surface area contributed by atoms with Gasteiger partial charge in [0, 0.05) is 4.88 Å². The van der Waals surface area contributed by atoms with Gasteiger partial charge in [0.25, 0.3) is 10.1 Å². The summed E-state index contributed by atoms with van der Waals surface area (Å²) in [7, 11) is -4.40. The third kappa shape index (κ3) is 3.32. The maximum Gasteiger partial charge on any atom is 0.329 e. The second-order valence-corrected chi connectivity index (χ2v) is 5.45. The molecule has 0 spiro atoms. The lowest BCUT2D eigenvalue weighted by atomic mass is 10.4. The van der Waals surface area contributed by atoms with Crippen LogP contribution in [0, 0.1) is 0 Å². The average Bonchev–Trinajstić information content (AvgIpc) is 2.66. The van der Waals surface area contributed by atoms with Crippen molar-refractivity contribution in [2.24, 2.45) is 0 Å². The average molecular weight is 268 g/mol. The van der Waals surface area contributed by atoms with Crippen LogP contribution in [-0.4, -0.2) is 15.2 Å². The number of aryl methyl sites for hydroxylation is 1. The van der Waals surface area contributed by atoms with Crippen LogP contribution in [0.2, 0.25) is 0 Å². The van der Waals surface area contributed by atoms with E-state index in [4.69, 9.17) is 0 Å². The number of rotatable bonds is 6. The Morgan fingerprint density at radius 2 is 2.27 bits per heavy atom. The third-order valence-corrected chi connectivity index (χ3v) is 4.34. The Balaban J connectivity index is 2.81. The molecule has 0 atom stereocenters. The van der Waals surface area contributed by atoms with Crippen molar-refractivity contribution in [2.45, 2.75) is 18.2 Å². The third-order valence-electron chi connectivity index (χ3n) is 1.60. The molecule has 0 bridgehead atoms. The molecule has 0 aromatic carbocycles. The summed E-state index contributed by atoms with van der Waals surface area (Å²) in [5.74, 6) is 0. The molecule has 0 aliphatic heterocycles. The Morgan fingerprint density at radius 1 is 1.53 bits per heavy atom. The number of hydrogen-bond donors (Lipinski definition) is 0. The van der Waals surface area contributed by atoms with Crippen LogP contribution < -0.4 is 0 Å². The zero-order valence-electron chi connectivity index (χ0n) is 7.87. The summed E-state index contributed by atoms with van der Waals surface area (Å²) in [6, 6.07) is 1.48. The quantitative estimate of drug-likeness (QED) is 0.342. The standard InChI is InChI=1S/C7H9O5PS2/c1-2-6-7(3-4-14-6)15(9,10)12-5-11-13-8/h3-4H,2,5H2,1H3. The van der Waals surface area contributed by atoms with Gasteiger partial charge in [0.15, 0.2) is 6.79 Å². The van der Waals surface area contributed by atoms with E-state index in [1.165, 1.54) is 17.4 Å². The van der Waals surface area contributed by atoms with Gasteiger partial charge in [-0.2, -0.15) is 8.42 Å². The lowest BCUT2D eigenvalue weighted by Crippen LogP contribution is -2.08. The predicted octanol–water partition coefficient (Wildman–Crippen LogP) is 2.20. The fourth-order valence-corrected chi connectivity index (χ4v) is 3.36. The maximum atomic E-state index is 11.5. The summed E-state index contributed by atoms with van der Waals surface area (Å²) in [4.78, 5) is 0.885. The van der Waals surface area contributed by atoms with Gasteiger partial charge in [-0.15, -0.1) is 11.3 Å². The molecule has 1 rings (SSSR count). The van der Waals surface area contributed by atoms with Gasteiger partial charge in [0.2, 0.25) is 0 Å². The normalized spacial score (nSPS) is 12.1. The first-order chi connectivity index (χ1) is 7.11. The molecule has 0 saturated heterocycles. The topological polar surface area (TPSA) is 69.7 Å². The molecule has 0 N–H and O–H groups in total. The van der Waals surface area contributed by atoms with Gasteiger partial charge in [-0.3, -0.25) is 4.52 Å². The molecule has 0 aliphatic carbocycles. The van der Waals surface area contributed by atoms with Gasteiger partial charge in [-0.05, 0) is 17.9 Å². The Labute approximate surface area is 93.4 Å². The van der Waals surface area contributed by atoms with E-state index in [1.807, 2.05) is 6.92 Å². The van der Waals surface area contributed by atoms with Crippen molar-refractivity contribution < 1.29 is 21.7 Å². The van der Waals surface area contributed by atoms with Crippen LogP contribution in [0.1, 0.15) is 11.8 Å². The highest BCUT2D eigenvalue weighted by Crippen LogP contribution is 2.24. The van der Waals surface area contributed by atoms with Crippen molar-refractivity contribution in [3.63, 3.8) is 0 Å². The van der Waals surface area contributed by atoms with Crippen molar-refractivity contribution in [1.29, 1.82) is 0 Å². The Hall–Kier alpha value is -0.330. The molecule has 0 unspecified atom stereocenters. The van der Waals surface area contributed by atoms with Crippen molar-refractivity contribution in [3.8, 4) is 0 Å². The Bertz CT molecular complexity index is 424. The van der Waals surface area contributed by atoms with E-state index in [1.54, 1.807) is 5.38 Å². The van der Waals surface area contributed by atoms with E-state index in [2.05, 4.69) is 8.71 Å². The van der Waals surface area contributed by atoms with E-state index in [-0.39, 0.29) is 4.90 Å². The summed E-state index contributed by atoms with van der Waals surface area (Å²) in [5.41, 5.74) is 0. The summed E-state index contributed by atoms with van der Waals surface area (Å²) in [6.07, 6.45) is 0.621. The van der Waals surface area contributed by atoms with Gasteiger partial charge < -0.3 is 0 Å². The SMILES string of the molecule is CCc1sccc1S(=O)(=O)OCOP=O. The van der Waals surface area contributed by atoms with Crippen molar-refractivity contribution in [2.75, 3.05) is 6.79 Å². The van der Waals surface area contributed by atoms with Crippen LogP contribution in [0.3, 0.4) is 0 Å². The molecule has 1 heterocycles. The molecule has 15 heavy (non-hydrogen) atoms. The molecule has 1 aromatic rings. The summed E-state index contributed by atoms with van der Waals surface area (Å²) in [5, 5.41) is 1.68. The fraction of sp³-hybridized carbons (Fsp3) is 0.429. The highest BCUT2D eigenvalue weighted by molar-refractivity contribution is 7.87. The second kappa shape index (κ2) is 5.67. The zero-order chi connectivity index (χ0) is 11.3. The second-order valence-electron chi connectivity index (χ2n) is 2.46. The lowest BCUT2D eigenvalue weighted by Gasteiger charge is -2.03. The van der Waals surface area contributed by atoms with Gasteiger partial charge >= 0.3 is 8.69 Å². The molecule has 1 aromatic heterocycles. The van der Waals surface area contributed by atoms with E-state index in [0.29, 0.717) is 6.42 Å². The van der Waals surface area contributed by atoms with Gasteiger partial charge in [-0.25, -0.2) is 8.75 Å². The smallest absolute Gasteiger partial charge is 0.265 e. The van der Waals surface area contributed by atoms with Crippen LogP contribution in [0.25, 0.3) is 0 Å². The van der Waals surface area contributed by atoms with Crippen molar-refractivity contribution in [3.05, 3.63) is 16.3 Å². The van der Waals surface area contributed by atoms with Gasteiger partial charge in [0.05, 0.1) is 0 Å². The minimum atomic E-state index is -3.79. The van der Waals surface area contributed by atoms with Crippen LogP contribution in [-0.2, 0) is 29.8 Å². The van der Waals surface area contributed by atoms with Crippen molar-refractivity contribution in [1.82, 2.24) is 0 Å². The molecule has 0 radical (unpaired) electrons. The summed E-state index contributed by atoms with van der Waals surface area (Å²) >= 11 is 1.35. The lowest BCUT2D eigenvalue weighted by molar-refractivity contribution is 0.140. The van der Waals surface area contributed by atoms with E-state index >= 15 is 0 Å². The number of hydrogen-bond acceptors (Lipinski definition) is 6. The van der Waals surface area contributed by atoms with Crippen LogP contribution in [0.15, 0.2) is 16.3 Å². The highest BCUT2D eigenvalue weighted by Gasteiger charge is 2.19. The maximum absolute atomic E-state index is 11.5. The molecule has 0 aliphatic rings. The minimum absolute atomic E-state index is 0.154. The van der Waals surface area contributed by atoms with Crippen LogP contribution in [0.5, 0.6) is 0 Å². The Morgan fingerprint density at radius 3 is 2.87 bits per heavy atom. The molecule has 0 saturated carbocycles. The molecule has 0 fully saturated rings. The predicted molar refractivity (Wildman–Crippen MR) is 55.5 cm³/mol. The molecular formula is C7H9O5PS2. The fourth-order valence-electron chi connectivity index (χ4n) is 0.979. The molecule has 84 valence electrons. The van der Waals surface area contributed by atoms with Gasteiger partial charge in [-0.1, -0.05) is 6.92 Å². The molecular weight excluding hydrogens is 259 g/mol. The summed E-state index contributed by atoms with van der Waals surface area (Å²) < 4.78 is 41.8. The zero-order valence-corrected chi connectivity index (χ0v) is 10.4. The highest BCUT2D eigenvalue weighted by atomic mass is 32.2. The molecule has 5 nitrogen and oxygen atoms in total. The summed E-state index contributed by atoms with van der Waals surface area (Å²) in [6.45, 7) is 1.31. The first kappa shape index (κ1) is 12.7. The minimum Gasteiger partial charge on any atom is -0.265 e. The first-order valence-electron chi connectivity index (χ1n) is 4.02. The van der Waals surface area contributed by atoms with Crippen LogP contribution >= 0.6 is 20.0 Å². The Kier molecular flexibility index (Phi) is 4.82. The number of thiophene rings is 1. The molecule has 0 amide bonds. The largest absolute Gasteiger partial charge is 0.329 e. The van der Waals surface area contributed by atoms with E-state index in [9.17, 15) is 13.0 Å². The van der Waals surface area contributed by atoms with Gasteiger partial charge in [0.1, 0.15) is 4.90 Å². The van der Waals surface area contributed by atoms with E-state index < -0.39 is 25.6 Å². The van der Waals surface area contributed by atoms with Crippen LogP contribution in [0.4, 0.5) is 0 Å².